The zero-order valence-corrected chi connectivity index (χ0v) is 23.1. The molecule has 0 saturated heterocycles. The molecule has 196 valence electrons. The Morgan fingerprint density at radius 2 is 1.63 bits per heavy atom. The molecule has 1 atom stereocenters. The van der Waals surface area contributed by atoms with E-state index in [1.54, 1.807) is 4.90 Å². The highest BCUT2D eigenvalue weighted by Gasteiger charge is 2.36. The van der Waals surface area contributed by atoms with Gasteiger partial charge in [0, 0.05) is 13.0 Å². The van der Waals surface area contributed by atoms with Crippen LogP contribution in [0.25, 0.3) is 0 Å². The third-order valence-electron chi connectivity index (χ3n) is 6.18. The van der Waals surface area contributed by atoms with Crippen LogP contribution in [0.3, 0.4) is 0 Å². The lowest BCUT2D eigenvalue weighted by Gasteiger charge is -2.38. The van der Waals surface area contributed by atoms with Crippen molar-refractivity contribution in [2.75, 3.05) is 19.8 Å². The van der Waals surface area contributed by atoms with E-state index in [1.807, 2.05) is 46.8 Å². The predicted molar refractivity (Wildman–Crippen MR) is 140 cm³/mol. The van der Waals surface area contributed by atoms with Gasteiger partial charge in [-0.2, -0.15) is 0 Å². The fourth-order valence-electron chi connectivity index (χ4n) is 4.77. The zero-order valence-electron chi connectivity index (χ0n) is 23.1. The molecule has 0 bridgehead atoms. The summed E-state index contributed by atoms with van der Waals surface area (Å²) in [6, 6.07) is 3.47. The third kappa shape index (κ3) is 8.01. The molecule has 0 radical (unpaired) electrons. The van der Waals surface area contributed by atoms with E-state index in [2.05, 4.69) is 27.4 Å². The van der Waals surface area contributed by atoms with E-state index in [9.17, 15) is 9.59 Å². The molecule has 2 rings (SSSR count). The van der Waals surface area contributed by atoms with Gasteiger partial charge in [0.2, 0.25) is 0 Å². The van der Waals surface area contributed by atoms with Crippen LogP contribution < -0.4 is 9.47 Å². The Hall–Kier alpha value is -2.50. The van der Waals surface area contributed by atoms with E-state index < -0.39 is 17.7 Å². The number of rotatable bonds is 11. The first kappa shape index (κ1) is 28.7. The van der Waals surface area contributed by atoms with Gasteiger partial charge in [0.1, 0.15) is 5.60 Å². The van der Waals surface area contributed by atoms with Crippen LogP contribution >= 0.6 is 0 Å². The first-order chi connectivity index (χ1) is 16.3. The van der Waals surface area contributed by atoms with Crippen LogP contribution in [0.1, 0.15) is 98.2 Å². The third-order valence-corrected chi connectivity index (χ3v) is 6.18. The van der Waals surface area contributed by atoms with Crippen molar-refractivity contribution in [1.29, 1.82) is 0 Å². The summed E-state index contributed by atoms with van der Waals surface area (Å²) in [6.07, 6.45) is 3.11. The number of nitrogens with zero attached hydrogens (tertiary/aromatic N) is 1. The minimum atomic E-state index is -0.630. The lowest BCUT2D eigenvalue weighted by Crippen LogP contribution is -2.43. The number of hydrogen-bond acceptors (Lipinski definition) is 5. The van der Waals surface area contributed by atoms with Crippen LogP contribution in [-0.2, 0) is 16.0 Å². The lowest BCUT2D eigenvalue weighted by atomic mass is 9.80. The first-order valence-electron chi connectivity index (χ1n) is 12.9. The molecule has 6 heteroatoms. The molecular formula is C29H45NO5. The quantitative estimate of drug-likeness (QED) is 0.313. The number of allylic oxidation sites excluding steroid dienone is 1. The van der Waals surface area contributed by atoms with Crippen LogP contribution in [0.4, 0.5) is 4.79 Å². The molecule has 0 spiro atoms. The maximum Gasteiger partial charge on any atom is 0.410 e. The second-order valence-electron chi connectivity index (χ2n) is 11.1. The van der Waals surface area contributed by atoms with Gasteiger partial charge in [0.15, 0.2) is 17.3 Å². The Morgan fingerprint density at radius 3 is 2.17 bits per heavy atom. The Kier molecular flexibility index (Phi) is 9.82. The summed E-state index contributed by atoms with van der Waals surface area (Å²) < 4.78 is 17.4. The Balaban J connectivity index is 2.44. The Labute approximate surface area is 212 Å². The SMILES string of the molecule is C=C(CC(C)(C)CCC)C(=O)C[C@@H]1c2cc(OCC)c(OCC)cc2CCN1C(=O)OC(C)(C)C. The fraction of sp³-hybridized carbons (Fsp3) is 0.655. The van der Waals surface area contributed by atoms with Gasteiger partial charge in [-0.1, -0.05) is 33.8 Å². The predicted octanol–water partition coefficient (Wildman–Crippen LogP) is 7.05. The highest BCUT2D eigenvalue weighted by Crippen LogP contribution is 2.41. The van der Waals surface area contributed by atoms with Crippen LogP contribution in [-0.4, -0.2) is 42.1 Å². The summed E-state index contributed by atoms with van der Waals surface area (Å²) >= 11 is 0. The topological polar surface area (TPSA) is 65.1 Å². The van der Waals surface area contributed by atoms with E-state index in [-0.39, 0.29) is 17.6 Å². The van der Waals surface area contributed by atoms with Crippen LogP contribution in [0, 0.1) is 5.41 Å². The number of ketones is 1. The largest absolute Gasteiger partial charge is 0.490 e. The van der Waals surface area contributed by atoms with E-state index in [1.165, 1.54) is 0 Å². The summed E-state index contributed by atoms with van der Waals surface area (Å²) in [7, 11) is 0. The molecule has 0 fully saturated rings. The standard InChI is InChI=1S/C29H45NO5/c1-10-14-29(8,9)19-20(4)24(31)18-23-22-17-26(34-12-3)25(33-11-2)16-21(22)13-15-30(23)27(32)35-28(5,6)7/h16-17,23H,4,10-15,18-19H2,1-3,5-9H3/t23-/m1/s1. The van der Waals surface area contributed by atoms with Crippen molar-refractivity contribution in [2.45, 2.75) is 99.1 Å². The highest BCUT2D eigenvalue weighted by atomic mass is 16.6. The molecule has 35 heavy (non-hydrogen) atoms. The summed E-state index contributed by atoms with van der Waals surface area (Å²) in [6.45, 7) is 21.5. The summed E-state index contributed by atoms with van der Waals surface area (Å²) in [4.78, 5) is 28.3. The average molecular weight is 488 g/mol. The van der Waals surface area contributed by atoms with Gasteiger partial charge in [-0.05, 0) is 88.1 Å². The maximum absolute atomic E-state index is 13.4. The van der Waals surface area contributed by atoms with Gasteiger partial charge >= 0.3 is 6.09 Å². The average Bonchev–Trinajstić information content (AvgIpc) is 2.73. The molecule has 0 N–H and O–H groups in total. The maximum atomic E-state index is 13.4. The fourth-order valence-corrected chi connectivity index (χ4v) is 4.77. The van der Waals surface area contributed by atoms with Crippen molar-refractivity contribution in [1.82, 2.24) is 4.90 Å². The number of carbonyl (C=O) groups excluding carboxylic acids is 2. The minimum Gasteiger partial charge on any atom is -0.490 e. The highest BCUT2D eigenvalue weighted by molar-refractivity contribution is 5.95. The zero-order chi connectivity index (χ0) is 26.4. The van der Waals surface area contributed by atoms with Crippen molar-refractivity contribution in [3.63, 3.8) is 0 Å². The number of amides is 1. The molecule has 1 heterocycles. The van der Waals surface area contributed by atoms with Crippen molar-refractivity contribution < 1.29 is 23.8 Å². The molecule has 0 unspecified atom stereocenters. The summed E-state index contributed by atoms with van der Waals surface area (Å²) in [5.74, 6) is 1.29. The van der Waals surface area contributed by atoms with Gasteiger partial charge in [0.25, 0.3) is 0 Å². The molecule has 0 saturated carbocycles. The van der Waals surface area contributed by atoms with Crippen molar-refractivity contribution in [3.05, 3.63) is 35.4 Å². The van der Waals surface area contributed by atoms with Crippen molar-refractivity contribution >= 4 is 11.9 Å². The second kappa shape index (κ2) is 12.0. The molecule has 1 aliphatic heterocycles. The van der Waals surface area contributed by atoms with E-state index in [4.69, 9.17) is 14.2 Å². The van der Waals surface area contributed by atoms with Crippen molar-refractivity contribution in [3.8, 4) is 11.5 Å². The van der Waals surface area contributed by atoms with Gasteiger partial charge in [-0.3, -0.25) is 4.79 Å². The minimum absolute atomic E-state index is 0.00530. The molecular weight excluding hydrogens is 442 g/mol. The number of ether oxygens (including phenoxy) is 3. The molecule has 1 aromatic carbocycles. The molecule has 1 aromatic rings. The number of hydrogen-bond donors (Lipinski definition) is 0. The van der Waals surface area contributed by atoms with Crippen LogP contribution in [0.15, 0.2) is 24.3 Å². The number of benzene rings is 1. The monoisotopic (exact) mass is 487 g/mol. The van der Waals surface area contributed by atoms with Crippen LogP contribution in [0.5, 0.6) is 11.5 Å². The van der Waals surface area contributed by atoms with Gasteiger partial charge in [-0.15, -0.1) is 0 Å². The molecule has 6 nitrogen and oxygen atoms in total. The Morgan fingerprint density at radius 1 is 1.03 bits per heavy atom. The van der Waals surface area contributed by atoms with Gasteiger partial charge in [-0.25, -0.2) is 4.79 Å². The second-order valence-corrected chi connectivity index (χ2v) is 11.1. The molecule has 1 aliphatic rings. The number of carbonyl (C=O) groups is 2. The smallest absolute Gasteiger partial charge is 0.410 e. The van der Waals surface area contributed by atoms with Gasteiger partial charge < -0.3 is 19.1 Å². The molecule has 0 aliphatic carbocycles. The van der Waals surface area contributed by atoms with E-state index in [0.29, 0.717) is 49.7 Å². The van der Waals surface area contributed by atoms with E-state index in [0.717, 1.165) is 24.0 Å². The van der Waals surface area contributed by atoms with E-state index >= 15 is 0 Å². The lowest BCUT2D eigenvalue weighted by molar-refractivity contribution is -0.117. The van der Waals surface area contributed by atoms with Gasteiger partial charge in [0.05, 0.1) is 19.3 Å². The number of Topliss-reactive ketones (excluding diaryl/α,β-unsaturated/α-hetero) is 1. The summed E-state index contributed by atoms with van der Waals surface area (Å²) in [5, 5.41) is 0. The van der Waals surface area contributed by atoms with Crippen molar-refractivity contribution in [2.24, 2.45) is 5.41 Å². The normalized spacial score (nSPS) is 15.9. The Bertz CT molecular complexity index is 912. The molecule has 1 amide bonds. The molecule has 0 aromatic heterocycles. The number of fused-ring (bicyclic) bond motifs is 1. The first-order valence-corrected chi connectivity index (χ1v) is 12.9. The summed E-state index contributed by atoms with van der Waals surface area (Å²) in [5.41, 5.74) is 1.95. The van der Waals surface area contributed by atoms with Crippen LogP contribution in [0.2, 0.25) is 0 Å².